The first kappa shape index (κ1) is 17.2. The molecule has 0 spiro atoms. The van der Waals surface area contributed by atoms with Crippen LogP contribution in [0.5, 0.6) is 0 Å². The zero-order valence-corrected chi connectivity index (χ0v) is 15.1. The van der Waals surface area contributed by atoms with Gasteiger partial charge in [-0.2, -0.15) is 0 Å². The monoisotopic (exact) mass is 339 g/mol. The maximum atomic E-state index is 10.7. The summed E-state index contributed by atoms with van der Waals surface area (Å²) in [4.78, 5) is 1.11. The molecule has 3 rings (SSSR count). The Morgan fingerprint density at radius 2 is 1.67 bits per heavy atom. The zero-order valence-electron chi connectivity index (χ0n) is 14.3. The minimum atomic E-state index is -0.449. The number of aliphatic hydroxyl groups is 1. The fraction of sp³-hybridized carbons (Fsp3) is 0.333. The third kappa shape index (κ3) is 4.04. The minimum Gasteiger partial charge on any atom is -0.386 e. The molecule has 2 nitrogen and oxygen atoms in total. The molecule has 0 aliphatic heterocycles. The predicted molar refractivity (Wildman–Crippen MR) is 104 cm³/mol. The molecule has 1 unspecified atom stereocenters. The van der Waals surface area contributed by atoms with Crippen LogP contribution in [0.1, 0.15) is 36.0 Å². The molecule has 0 saturated heterocycles. The van der Waals surface area contributed by atoms with E-state index in [0.717, 1.165) is 17.7 Å². The van der Waals surface area contributed by atoms with Crippen LogP contribution in [-0.4, -0.2) is 17.7 Å². The van der Waals surface area contributed by atoms with Crippen molar-refractivity contribution in [3.63, 3.8) is 0 Å². The molecule has 0 amide bonds. The van der Waals surface area contributed by atoms with Gasteiger partial charge in [0.2, 0.25) is 0 Å². The lowest BCUT2D eigenvalue weighted by molar-refractivity contribution is 0.174. The molecule has 0 fully saturated rings. The first-order chi connectivity index (χ1) is 11.6. The Bertz CT molecular complexity index is 779. The van der Waals surface area contributed by atoms with Gasteiger partial charge in [-0.25, -0.2) is 0 Å². The standard InChI is InChI=1S/C21H25NOS/c1-15(2)22-14-19(23)21-18(13-12-16-8-4-3-5-9-16)17-10-6-7-11-20(17)24-21/h3-11,15,19,22-23H,12-14H2,1-2H3. The van der Waals surface area contributed by atoms with Crippen molar-refractivity contribution in [2.75, 3.05) is 6.54 Å². The molecule has 0 saturated carbocycles. The molecule has 2 aromatic carbocycles. The Morgan fingerprint density at radius 1 is 0.958 bits per heavy atom. The summed E-state index contributed by atoms with van der Waals surface area (Å²) in [5.74, 6) is 0. The highest BCUT2D eigenvalue weighted by atomic mass is 32.1. The first-order valence-corrected chi connectivity index (χ1v) is 9.42. The van der Waals surface area contributed by atoms with E-state index in [4.69, 9.17) is 0 Å². The average molecular weight is 340 g/mol. The molecular formula is C21H25NOS. The second-order valence-electron chi connectivity index (χ2n) is 6.51. The third-order valence-electron chi connectivity index (χ3n) is 4.26. The normalized spacial score (nSPS) is 12.8. The van der Waals surface area contributed by atoms with Crippen LogP contribution in [-0.2, 0) is 12.8 Å². The van der Waals surface area contributed by atoms with Crippen LogP contribution in [0.2, 0.25) is 0 Å². The van der Waals surface area contributed by atoms with Crippen molar-refractivity contribution >= 4 is 21.4 Å². The lowest BCUT2D eigenvalue weighted by Gasteiger charge is -2.15. The molecular weight excluding hydrogens is 314 g/mol. The largest absolute Gasteiger partial charge is 0.386 e. The molecule has 0 aliphatic rings. The van der Waals surface area contributed by atoms with E-state index in [1.165, 1.54) is 21.2 Å². The Labute approximate surface area is 148 Å². The number of hydrogen-bond acceptors (Lipinski definition) is 3. The van der Waals surface area contributed by atoms with E-state index < -0.39 is 6.10 Å². The van der Waals surface area contributed by atoms with Crippen LogP contribution in [0, 0.1) is 0 Å². The van der Waals surface area contributed by atoms with E-state index >= 15 is 0 Å². The second-order valence-corrected chi connectivity index (χ2v) is 7.59. The summed E-state index contributed by atoms with van der Waals surface area (Å²) >= 11 is 1.73. The number of benzene rings is 2. The molecule has 1 aromatic heterocycles. The molecule has 3 aromatic rings. The van der Waals surface area contributed by atoms with Crippen LogP contribution in [0.25, 0.3) is 10.1 Å². The molecule has 0 bridgehead atoms. The minimum absolute atomic E-state index is 0.377. The summed E-state index contributed by atoms with van der Waals surface area (Å²) in [5, 5.41) is 15.3. The van der Waals surface area contributed by atoms with Gasteiger partial charge in [-0.05, 0) is 35.4 Å². The average Bonchev–Trinajstić information content (AvgIpc) is 2.97. The molecule has 0 aliphatic carbocycles. The van der Waals surface area contributed by atoms with Crippen LogP contribution in [0.4, 0.5) is 0 Å². The Hall–Kier alpha value is -1.68. The molecule has 3 heteroatoms. The smallest absolute Gasteiger partial charge is 0.101 e. The van der Waals surface area contributed by atoms with E-state index in [1.54, 1.807) is 11.3 Å². The number of aryl methyl sites for hydroxylation is 2. The quantitative estimate of drug-likeness (QED) is 0.653. The van der Waals surface area contributed by atoms with Gasteiger partial charge in [0.05, 0.1) is 0 Å². The van der Waals surface area contributed by atoms with Gasteiger partial charge in [-0.1, -0.05) is 62.4 Å². The van der Waals surface area contributed by atoms with Crippen LogP contribution in [0.15, 0.2) is 54.6 Å². The fourth-order valence-electron chi connectivity index (χ4n) is 3.00. The molecule has 0 radical (unpaired) electrons. The summed E-state index contributed by atoms with van der Waals surface area (Å²) in [6.07, 6.45) is 1.51. The summed E-state index contributed by atoms with van der Waals surface area (Å²) in [7, 11) is 0. The first-order valence-electron chi connectivity index (χ1n) is 8.61. The highest BCUT2D eigenvalue weighted by Gasteiger charge is 2.18. The van der Waals surface area contributed by atoms with Crippen LogP contribution >= 0.6 is 11.3 Å². The summed E-state index contributed by atoms with van der Waals surface area (Å²) in [6.45, 7) is 4.81. The second kappa shape index (κ2) is 7.93. The van der Waals surface area contributed by atoms with Crippen molar-refractivity contribution in [1.82, 2.24) is 5.32 Å². The van der Waals surface area contributed by atoms with E-state index in [9.17, 15) is 5.11 Å². The predicted octanol–water partition coefficient (Wildman–Crippen LogP) is 4.72. The van der Waals surface area contributed by atoms with Crippen molar-refractivity contribution in [3.8, 4) is 0 Å². The number of thiophene rings is 1. The van der Waals surface area contributed by atoms with E-state index in [2.05, 4.69) is 73.8 Å². The lowest BCUT2D eigenvalue weighted by Crippen LogP contribution is -2.27. The number of rotatable bonds is 7. The molecule has 2 N–H and O–H groups in total. The van der Waals surface area contributed by atoms with Crippen molar-refractivity contribution in [2.45, 2.75) is 38.8 Å². The maximum Gasteiger partial charge on any atom is 0.101 e. The van der Waals surface area contributed by atoms with Crippen molar-refractivity contribution < 1.29 is 5.11 Å². The molecule has 126 valence electrons. The number of nitrogens with one attached hydrogen (secondary N) is 1. The number of hydrogen-bond donors (Lipinski definition) is 2. The topological polar surface area (TPSA) is 32.3 Å². The third-order valence-corrected chi connectivity index (χ3v) is 5.57. The Balaban J connectivity index is 1.87. The van der Waals surface area contributed by atoms with Gasteiger partial charge in [0, 0.05) is 22.2 Å². The van der Waals surface area contributed by atoms with Crippen molar-refractivity contribution in [2.24, 2.45) is 0 Å². The van der Waals surface area contributed by atoms with E-state index in [1.807, 2.05) is 0 Å². The van der Waals surface area contributed by atoms with Crippen molar-refractivity contribution in [3.05, 3.63) is 70.6 Å². The van der Waals surface area contributed by atoms with Gasteiger partial charge in [0.25, 0.3) is 0 Å². The van der Waals surface area contributed by atoms with Gasteiger partial charge < -0.3 is 10.4 Å². The lowest BCUT2D eigenvalue weighted by atomic mass is 10.00. The molecule has 1 heterocycles. The van der Waals surface area contributed by atoms with Gasteiger partial charge in [-0.15, -0.1) is 11.3 Å². The summed E-state index contributed by atoms with van der Waals surface area (Å²) < 4.78 is 1.26. The fourth-order valence-corrected chi connectivity index (χ4v) is 4.24. The van der Waals surface area contributed by atoms with Crippen LogP contribution in [0.3, 0.4) is 0 Å². The number of aliphatic hydroxyl groups excluding tert-OH is 1. The molecule has 24 heavy (non-hydrogen) atoms. The zero-order chi connectivity index (χ0) is 16.9. The SMILES string of the molecule is CC(C)NCC(O)c1sc2ccccc2c1CCc1ccccc1. The highest BCUT2D eigenvalue weighted by molar-refractivity contribution is 7.19. The number of fused-ring (bicyclic) bond motifs is 1. The Morgan fingerprint density at radius 3 is 2.42 bits per heavy atom. The van der Waals surface area contributed by atoms with E-state index in [0.29, 0.717) is 12.6 Å². The van der Waals surface area contributed by atoms with Gasteiger partial charge in [-0.3, -0.25) is 0 Å². The maximum absolute atomic E-state index is 10.7. The summed E-state index contributed by atoms with van der Waals surface area (Å²) in [6, 6.07) is 19.4. The van der Waals surface area contributed by atoms with Gasteiger partial charge >= 0.3 is 0 Å². The van der Waals surface area contributed by atoms with Crippen molar-refractivity contribution in [1.29, 1.82) is 0 Å². The molecule has 1 atom stereocenters. The van der Waals surface area contributed by atoms with Crippen LogP contribution < -0.4 is 5.32 Å². The highest BCUT2D eigenvalue weighted by Crippen LogP contribution is 2.36. The van der Waals surface area contributed by atoms with E-state index in [-0.39, 0.29) is 0 Å². The van der Waals surface area contributed by atoms with Gasteiger partial charge in [0.1, 0.15) is 6.10 Å². The summed E-state index contributed by atoms with van der Waals surface area (Å²) in [5.41, 5.74) is 2.64. The van der Waals surface area contributed by atoms with Gasteiger partial charge in [0.15, 0.2) is 0 Å². The Kier molecular flexibility index (Phi) is 5.67.